The Balaban J connectivity index is 1.52. The molecule has 0 saturated heterocycles. The zero-order valence-corrected chi connectivity index (χ0v) is 20.0. The molecular weight excluding hydrogens is 450 g/mol. The van der Waals surface area contributed by atoms with Crippen molar-refractivity contribution in [1.29, 1.82) is 5.26 Å². The van der Waals surface area contributed by atoms with Crippen LogP contribution in [0.15, 0.2) is 127 Å². The van der Waals surface area contributed by atoms with E-state index in [1.807, 2.05) is 24.3 Å². The van der Waals surface area contributed by atoms with Gasteiger partial charge in [-0.05, 0) is 48.0 Å². The van der Waals surface area contributed by atoms with Crippen LogP contribution in [0.1, 0.15) is 5.56 Å². The third kappa shape index (κ3) is 3.39. The van der Waals surface area contributed by atoms with Crippen LogP contribution in [-0.2, 0) is 0 Å². The Labute approximate surface area is 214 Å². The topological polar surface area (TPSA) is 41.6 Å². The van der Waals surface area contributed by atoms with Crippen molar-refractivity contribution in [1.82, 2.24) is 9.55 Å². The summed E-state index contributed by atoms with van der Waals surface area (Å²) in [6.07, 6.45) is 0. The molecule has 0 saturated carbocycles. The molecule has 0 fully saturated rings. The molecule has 172 valence electrons. The van der Waals surface area contributed by atoms with Gasteiger partial charge >= 0.3 is 0 Å². The number of benzene rings is 5. The van der Waals surface area contributed by atoms with Crippen LogP contribution in [0, 0.1) is 11.3 Å². The molecule has 0 aliphatic carbocycles. The summed E-state index contributed by atoms with van der Waals surface area (Å²) in [4.78, 5) is 5.02. The van der Waals surface area contributed by atoms with Gasteiger partial charge in [0.05, 0.1) is 39.6 Å². The minimum absolute atomic E-state index is 0.646. The normalized spacial score (nSPS) is 11.2. The van der Waals surface area contributed by atoms with Crippen LogP contribution in [-0.4, -0.2) is 9.55 Å². The fraction of sp³-hybridized carbons (Fsp3) is 0. The largest absolute Gasteiger partial charge is 0.308 e. The summed E-state index contributed by atoms with van der Waals surface area (Å²) in [5, 5.41) is 12.7. The molecule has 37 heavy (non-hydrogen) atoms. The molecule has 0 radical (unpaired) electrons. The molecule has 3 nitrogen and oxygen atoms in total. The van der Waals surface area contributed by atoms with Crippen molar-refractivity contribution in [3.8, 4) is 34.1 Å². The van der Waals surface area contributed by atoms with Crippen LogP contribution < -0.4 is 0 Å². The van der Waals surface area contributed by atoms with E-state index in [-0.39, 0.29) is 0 Å². The highest BCUT2D eigenvalue weighted by Crippen LogP contribution is 2.39. The summed E-state index contributed by atoms with van der Waals surface area (Å²) < 4.78 is 2.39. The monoisotopic (exact) mass is 471 g/mol. The molecule has 2 aromatic heterocycles. The van der Waals surface area contributed by atoms with E-state index in [1.165, 1.54) is 32.9 Å². The molecule has 0 aliphatic heterocycles. The molecule has 0 amide bonds. The standard InChI is InChI=1S/C34H21N3/c35-22-23-16-18-25(19-17-23)30-21-20-29-31(36-30)13-7-15-33(29)37-32-14-5-4-10-27(32)28-12-6-11-26(34(28)37)24-8-2-1-3-9-24/h1-21H. The van der Waals surface area contributed by atoms with Gasteiger partial charge in [-0.15, -0.1) is 0 Å². The number of pyridine rings is 1. The maximum absolute atomic E-state index is 9.14. The van der Waals surface area contributed by atoms with Gasteiger partial charge in [0, 0.05) is 27.3 Å². The number of nitriles is 1. The minimum Gasteiger partial charge on any atom is -0.308 e. The minimum atomic E-state index is 0.646. The third-order valence-electron chi connectivity index (χ3n) is 7.04. The van der Waals surface area contributed by atoms with E-state index >= 15 is 0 Å². The third-order valence-corrected chi connectivity index (χ3v) is 7.04. The van der Waals surface area contributed by atoms with Gasteiger partial charge in [-0.2, -0.15) is 5.26 Å². The first-order valence-electron chi connectivity index (χ1n) is 12.3. The quantitative estimate of drug-likeness (QED) is 0.259. The Bertz CT molecular complexity index is 1970. The molecule has 0 aliphatic rings. The van der Waals surface area contributed by atoms with E-state index in [2.05, 4.69) is 114 Å². The summed E-state index contributed by atoms with van der Waals surface area (Å²) in [5.74, 6) is 0. The molecule has 0 atom stereocenters. The Kier molecular flexibility index (Phi) is 4.84. The van der Waals surface area contributed by atoms with Crippen molar-refractivity contribution < 1.29 is 0 Å². The predicted molar refractivity (Wildman–Crippen MR) is 152 cm³/mol. The number of hydrogen-bond donors (Lipinski definition) is 0. The SMILES string of the molecule is N#Cc1ccc(-c2ccc3c(-n4c5ccccc5c5cccc(-c6ccccc6)c54)cccc3n2)cc1. The van der Waals surface area contributed by atoms with Crippen molar-refractivity contribution in [2.75, 3.05) is 0 Å². The summed E-state index contributed by atoms with van der Waals surface area (Å²) in [7, 11) is 0. The van der Waals surface area contributed by atoms with Crippen LogP contribution in [0.25, 0.3) is 60.8 Å². The van der Waals surface area contributed by atoms with Crippen LogP contribution in [0.4, 0.5) is 0 Å². The van der Waals surface area contributed by atoms with Crippen molar-refractivity contribution in [3.63, 3.8) is 0 Å². The first-order chi connectivity index (χ1) is 18.3. The summed E-state index contributed by atoms with van der Waals surface area (Å²) in [6.45, 7) is 0. The molecule has 3 heteroatoms. The van der Waals surface area contributed by atoms with Crippen molar-refractivity contribution in [2.45, 2.75) is 0 Å². The van der Waals surface area contributed by atoms with E-state index in [0.29, 0.717) is 5.56 Å². The van der Waals surface area contributed by atoms with E-state index in [0.717, 1.165) is 27.8 Å². The number of nitrogens with zero attached hydrogens (tertiary/aromatic N) is 3. The first kappa shape index (κ1) is 21.1. The predicted octanol–water partition coefficient (Wildman–Crippen LogP) is 8.54. The molecule has 0 spiro atoms. The second kappa shape index (κ2) is 8.48. The second-order valence-corrected chi connectivity index (χ2v) is 9.15. The average Bonchev–Trinajstić information content (AvgIpc) is 3.31. The van der Waals surface area contributed by atoms with Crippen LogP contribution in [0.3, 0.4) is 0 Å². The molecule has 0 bridgehead atoms. The maximum Gasteiger partial charge on any atom is 0.0991 e. The van der Waals surface area contributed by atoms with Crippen LogP contribution in [0.2, 0.25) is 0 Å². The van der Waals surface area contributed by atoms with E-state index in [1.54, 1.807) is 0 Å². The fourth-order valence-corrected chi connectivity index (χ4v) is 5.33. The highest BCUT2D eigenvalue weighted by atomic mass is 15.0. The average molecular weight is 472 g/mol. The highest BCUT2D eigenvalue weighted by Gasteiger charge is 2.17. The van der Waals surface area contributed by atoms with Crippen molar-refractivity contribution >= 4 is 32.7 Å². The molecule has 5 aromatic carbocycles. The molecule has 7 aromatic rings. The summed E-state index contributed by atoms with van der Waals surface area (Å²) in [6, 6.07) is 46.1. The Morgan fingerprint density at radius 2 is 1.32 bits per heavy atom. The van der Waals surface area contributed by atoms with Gasteiger partial charge in [-0.25, -0.2) is 4.98 Å². The number of aromatic nitrogens is 2. The van der Waals surface area contributed by atoms with Gasteiger partial charge in [0.25, 0.3) is 0 Å². The lowest BCUT2D eigenvalue weighted by Crippen LogP contribution is -1.98. The van der Waals surface area contributed by atoms with Gasteiger partial charge in [-0.1, -0.05) is 84.9 Å². The second-order valence-electron chi connectivity index (χ2n) is 9.15. The van der Waals surface area contributed by atoms with Crippen LogP contribution >= 0.6 is 0 Å². The van der Waals surface area contributed by atoms with Crippen LogP contribution in [0.5, 0.6) is 0 Å². The lowest BCUT2D eigenvalue weighted by atomic mass is 10.0. The number of hydrogen-bond acceptors (Lipinski definition) is 2. The first-order valence-corrected chi connectivity index (χ1v) is 12.3. The van der Waals surface area contributed by atoms with Gasteiger partial charge < -0.3 is 4.57 Å². The summed E-state index contributed by atoms with van der Waals surface area (Å²) >= 11 is 0. The molecular formula is C34H21N3. The zero-order valence-electron chi connectivity index (χ0n) is 20.0. The van der Waals surface area contributed by atoms with Gasteiger partial charge in [0.15, 0.2) is 0 Å². The van der Waals surface area contributed by atoms with E-state index in [4.69, 9.17) is 10.2 Å². The number of para-hydroxylation sites is 2. The Hall–Kier alpha value is -5.20. The lowest BCUT2D eigenvalue weighted by Gasteiger charge is -2.14. The Morgan fingerprint density at radius 3 is 2.16 bits per heavy atom. The highest BCUT2D eigenvalue weighted by molar-refractivity contribution is 6.14. The Morgan fingerprint density at radius 1 is 0.568 bits per heavy atom. The molecule has 7 rings (SSSR count). The van der Waals surface area contributed by atoms with Gasteiger partial charge in [-0.3, -0.25) is 0 Å². The van der Waals surface area contributed by atoms with E-state index < -0.39 is 0 Å². The maximum atomic E-state index is 9.14. The molecule has 2 heterocycles. The number of fused-ring (bicyclic) bond motifs is 4. The van der Waals surface area contributed by atoms with Gasteiger partial charge in [0.2, 0.25) is 0 Å². The fourth-order valence-electron chi connectivity index (χ4n) is 5.33. The molecule has 0 unspecified atom stereocenters. The zero-order chi connectivity index (χ0) is 24.8. The summed E-state index contributed by atoms with van der Waals surface area (Å²) in [5.41, 5.74) is 9.33. The van der Waals surface area contributed by atoms with Crippen molar-refractivity contribution in [2.24, 2.45) is 0 Å². The number of rotatable bonds is 3. The van der Waals surface area contributed by atoms with E-state index in [9.17, 15) is 0 Å². The van der Waals surface area contributed by atoms with Crippen molar-refractivity contribution in [3.05, 3.63) is 133 Å². The molecule has 0 N–H and O–H groups in total. The lowest BCUT2D eigenvalue weighted by molar-refractivity contribution is 1.19. The van der Waals surface area contributed by atoms with Gasteiger partial charge in [0.1, 0.15) is 0 Å². The smallest absolute Gasteiger partial charge is 0.0991 e.